The predicted octanol–water partition coefficient (Wildman–Crippen LogP) is 6.48. The van der Waals surface area contributed by atoms with Crippen molar-refractivity contribution in [3.05, 3.63) is 95.1 Å². The van der Waals surface area contributed by atoms with E-state index in [0.29, 0.717) is 30.7 Å². The lowest BCUT2D eigenvalue weighted by atomic mass is 9.91. The van der Waals surface area contributed by atoms with Crippen LogP contribution in [0.1, 0.15) is 28.7 Å². The van der Waals surface area contributed by atoms with Gasteiger partial charge in [0, 0.05) is 18.4 Å². The van der Waals surface area contributed by atoms with Gasteiger partial charge in [-0.15, -0.1) is 0 Å². The van der Waals surface area contributed by atoms with Gasteiger partial charge in [-0.1, -0.05) is 48.5 Å². The molecule has 3 aromatic rings. The zero-order valence-electron chi connectivity index (χ0n) is 21.7. The summed E-state index contributed by atoms with van der Waals surface area (Å²) in [4.78, 5) is 11.3. The summed E-state index contributed by atoms with van der Waals surface area (Å²) in [7, 11) is 1.31. The van der Waals surface area contributed by atoms with Gasteiger partial charge in [0.1, 0.15) is 24.2 Å². The number of halogens is 6. The van der Waals surface area contributed by atoms with Crippen molar-refractivity contribution in [3.8, 4) is 11.5 Å². The van der Waals surface area contributed by atoms with Crippen molar-refractivity contribution in [2.24, 2.45) is 0 Å². The maximum Gasteiger partial charge on any atom is 0.430 e. The SMILES string of the molecule is COC(=O)CCc1ccc(OCC(Cc2ccccc2)Oc2ccc(C(O)(C(F)(F)F)C(F)(F)F)cc2C)cc1. The van der Waals surface area contributed by atoms with Crippen molar-refractivity contribution in [2.75, 3.05) is 13.7 Å². The van der Waals surface area contributed by atoms with E-state index in [1.54, 1.807) is 24.3 Å². The summed E-state index contributed by atoms with van der Waals surface area (Å²) in [6, 6.07) is 18.3. The van der Waals surface area contributed by atoms with Crippen molar-refractivity contribution in [3.63, 3.8) is 0 Å². The minimum absolute atomic E-state index is 0.00658. The molecule has 216 valence electrons. The molecule has 11 heteroatoms. The number of carbonyl (C=O) groups excluding carboxylic acids is 1. The average Bonchev–Trinajstić information content (AvgIpc) is 2.90. The summed E-state index contributed by atoms with van der Waals surface area (Å²) >= 11 is 0. The number of aryl methyl sites for hydroxylation is 2. The highest BCUT2D eigenvalue weighted by Gasteiger charge is 2.71. The Balaban J connectivity index is 1.79. The highest BCUT2D eigenvalue weighted by Crippen LogP contribution is 2.50. The van der Waals surface area contributed by atoms with E-state index in [4.69, 9.17) is 9.47 Å². The van der Waals surface area contributed by atoms with Crippen LogP contribution in [0.2, 0.25) is 0 Å². The van der Waals surface area contributed by atoms with E-state index < -0.39 is 29.6 Å². The number of hydrogen-bond acceptors (Lipinski definition) is 5. The molecule has 0 bridgehead atoms. The smallest absolute Gasteiger partial charge is 0.430 e. The van der Waals surface area contributed by atoms with Gasteiger partial charge in [-0.2, -0.15) is 26.3 Å². The Morgan fingerprint density at radius 3 is 2.05 bits per heavy atom. The van der Waals surface area contributed by atoms with Crippen LogP contribution in [-0.4, -0.2) is 43.2 Å². The number of esters is 1. The first-order chi connectivity index (χ1) is 18.7. The number of rotatable bonds is 11. The van der Waals surface area contributed by atoms with Crippen molar-refractivity contribution in [1.29, 1.82) is 0 Å². The lowest BCUT2D eigenvalue weighted by molar-refractivity contribution is -0.376. The van der Waals surface area contributed by atoms with Crippen LogP contribution in [0.3, 0.4) is 0 Å². The maximum absolute atomic E-state index is 13.3. The predicted molar refractivity (Wildman–Crippen MR) is 134 cm³/mol. The molecule has 40 heavy (non-hydrogen) atoms. The Hall–Kier alpha value is -3.73. The van der Waals surface area contributed by atoms with E-state index in [9.17, 15) is 36.2 Å². The molecular formula is C29H28F6O5. The first kappa shape index (κ1) is 30.8. The Kier molecular flexibility index (Phi) is 9.73. The molecule has 0 spiro atoms. The van der Waals surface area contributed by atoms with Crippen LogP contribution in [0.15, 0.2) is 72.8 Å². The van der Waals surface area contributed by atoms with Gasteiger partial charge < -0.3 is 19.3 Å². The van der Waals surface area contributed by atoms with Gasteiger partial charge in [0.05, 0.1) is 7.11 Å². The number of benzene rings is 3. The van der Waals surface area contributed by atoms with Crippen LogP contribution in [-0.2, 0) is 28.0 Å². The number of aliphatic hydroxyl groups is 1. The molecule has 1 N–H and O–H groups in total. The van der Waals surface area contributed by atoms with Gasteiger partial charge in [0.25, 0.3) is 5.60 Å². The second-order valence-electron chi connectivity index (χ2n) is 9.15. The molecule has 0 heterocycles. The molecule has 5 nitrogen and oxygen atoms in total. The molecule has 0 saturated carbocycles. The highest BCUT2D eigenvalue weighted by atomic mass is 19.4. The first-order valence-electron chi connectivity index (χ1n) is 12.2. The number of methoxy groups -OCH3 is 1. The first-order valence-corrected chi connectivity index (χ1v) is 12.2. The monoisotopic (exact) mass is 570 g/mol. The Morgan fingerprint density at radius 1 is 0.875 bits per heavy atom. The van der Waals surface area contributed by atoms with Gasteiger partial charge in [-0.25, -0.2) is 0 Å². The second-order valence-corrected chi connectivity index (χ2v) is 9.15. The summed E-state index contributed by atoms with van der Waals surface area (Å²) < 4.78 is 96.4. The molecule has 3 aromatic carbocycles. The Labute approximate surface area is 227 Å². The number of ether oxygens (including phenoxy) is 3. The van der Waals surface area contributed by atoms with Crippen molar-refractivity contribution >= 4 is 5.97 Å². The fraction of sp³-hybridized carbons (Fsp3) is 0.345. The number of hydrogen-bond donors (Lipinski definition) is 1. The number of carbonyl (C=O) groups is 1. The van der Waals surface area contributed by atoms with Gasteiger partial charge in [0.15, 0.2) is 0 Å². The molecule has 3 rings (SSSR count). The van der Waals surface area contributed by atoms with Crippen LogP contribution in [0.25, 0.3) is 0 Å². The molecule has 0 aliphatic rings. The van der Waals surface area contributed by atoms with E-state index >= 15 is 0 Å². The highest BCUT2D eigenvalue weighted by molar-refractivity contribution is 5.69. The molecule has 0 amide bonds. The van der Waals surface area contributed by atoms with Crippen molar-refractivity contribution in [1.82, 2.24) is 0 Å². The fourth-order valence-corrected chi connectivity index (χ4v) is 3.98. The average molecular weight is 571 g/mol. The molecule has 0 aliphatic carbocycles. The van der Waals surface area contributed by atoms with Crippen LogP contribution in [0, 0.1) is 6.92 Å². The van der Waals surface area contributed by atoms with E-state index in [0.717, 1.165) is 17.2 Å². The summed E-state index contributed by atoms with van der Waals surface area (Å²) in [5.41, 5.74) is -4.66. The van der Waals surface area contributed by atoms with Crippen LogP contribution in [0.5, 0.6) is 11.5 Å². The molecule has 0 fully saturated rings. The molecule has 0 aromatic heterocycles. The molecule has 0 radical (unpaired) electrons. The minimum atomic E-state index is -5.99. The molecule has 0 aliphatic heterocycles. The third kappa shape index (κ3) is 7.47. The lowest BCUT2D eigenvalue weighted by Crippen LogP contribution is -2.53. The van der Waals surface area contributed by atoms with Crippen LogP contribution in [0.4, 0.5) is 26.3 Å². The third-order valence-electron chi connectivity index (χ3n) is 6.22. The van der Waals surface area contributed by atoms with E-state index in [-0.39, 0.29) is 30.3 Å². The largest absolute Gasteiger partial charge is 0.490 e. The topological polar surface area (TPSA) is 65.0 Å². The maximum atomic E-state index is 13.3. The van der Waals surface area contributed by atoms with Gasteiger partial charge in [0.2, 0.25) is 0 Å². The standard InChI is InChI=1S/C29H28F6O5/c1-19-16-22(27(37,28(30,31)32)29(33,34)35)11-14-25(19)40-24(17-21-6-4-3-5-7-21)18-39-23-12-8-20(9-13-23)10-15-26(36)38-2/h3-9,11-14,16,24,37H,10,15,17-18H2,1-2H3. The molecular weight excluding hydrogens is 542 g/mol. The van der Waals surface area contributed by atoms with Crippen molar-refractivity contribution in [2.45, 2.75) is 50.2 Å². The fourth-order valence-electron chi connectivity index (χ4n) is 3.98. The van der Waals surface area contributed by atoms with Gasteiger partial charge in [-0.3, -0.25) is 4.79 Å². The second kappa shape index (κ2) is 12.6. The Bertz CT molecular complexity index is 1240. The number of alkyl halides is 6. The third-order valence-corrected chi connectivity index (χ3v) is 6.22. The zero-order chi connectivity index (χ0) is 29.6. The Morgan fingerprint density at radius 2 is 1.50 bits per heavy atom. The summed E-state index contributed by atoms with van der Waals surface area (Å²) in [5, 5.41) is 9.72. The molecule has 1 atom stereocenters. The molecule has 0 saturated heterocycles. The normalized spacial score (nSPS) is 13.0. The quantitative estimate of drug-likeness (QED) is 0.211. The van der Waals surface area contributed by atoms with E-state index in [1.807, 2.05) is 30.3 Å². The van der Waals surface area contributed by atoms with Crippen LogP contribution < -0.4 is 9.47 Å². The van der Waals surface area contributed by atoms with Gasteiger partial charge in [-0.05, 0) is 54.3 Å². The van der Waals surface area contributed by atoms with Gasteiger partial charge >= 0.3 is 18.3 Å². The zero-order valence-corrected chi connectivity index (χ0v) is 21.7. The lowest BCUT2D eigenvalue weighted by Gasteiger charge is -2.33. The summed E-state index contributed by atoms with van der Waals surface area (Å²) in [5.74, 6) is 0.208. The van der Waals surface area contributed by atoms with Crippen molar-refractivity contribution < 1.29 is 50.5 Å². The van der Waals surface area contributed by atoms with Crippen LogP contribution >= 0.6 is 0 Å². The van der Waals surface area contributed by atoms with E-state index in [2.05, 4.69) is 4.74 Å². The molecule has 1 unspecified atom stereocenters. The van der Waals surface area contributed by atoms with E-state index in [1.165, 1.54) is 14.0 Å². The summed E-state index contributed by atoms with van der Waals surface area (Å²) in [6.07, 6.45) is -11.6. The minimum Gasteiger partial charge on any atom is -0.490 e. The summed E-state index contributed by atoms with van der Waals surface area (Å²) in [6.45, 7) is 1.30.